The van der Waals surface area contributed by atoms with Crippen LogP contribution in [-0.4, -0.2) is 66.9 Å². The smallest absolute Gasteiger partial charge is 0.337 e. The molecule has 1 aromatic rings. The number of aromatic carboxylic acids is 1. The predicted octanol–water partition coefficient (Wildman–Crippen LogP) is -0.284. The number of aromatic nitrogens is 1. The number of carbonyl (C=O) groups is 1. The second-order valence-corrected chi connectivity index (χ2v) is 6.28. The molecule has 0 saturated carbocycles. The second kappa shape index (κ2) is 5.24. The molecule has 0 aliphatic carbocycles. The average molecular weight is 285 g/mol. The third kappa shape index (κ3) is 2.91. The fourth-order valence-corrected chi connectivity index (χ4v) is 3.15. The highest BCUT2D eigenvalue weighted by Gasteiger charge is 2.28. The minimum absolute atomic E-state index is 0.0303. The molecule has 0 unspecified atom stereocenters. The van der Waals surface area contributed by atoms with E-state index in [1.165, 1.54) is 16.4 Å². The summed E-state index contributed by atoms with van der Waals surface area (Å²) in [6, 6.07) is 2.48. The minimum Gasteiger partial charge on any atom is -0.478 e. The van der Waals surface area contributed by atoms with Gasteiger partial charge in [0.25, 0.3) is 10.0 Å². The van der Waals surface area contributed by atoms with Gasteiger partial charge in [0, 0.05) is 32.4 Å². The van der Waals surface area contributed by atoms with Crippen molar-refractivity contribution in [1.82, 2.24) is 14.2 Å². The first-order valence-electron chi connectivity index (χ1n) is 5.79. The van der Waals surface area contributed by atoms with Crippen LogP contribution in [0, 0.1) is 0 Å². The predicted molar refractivity (Wildman–Crippen MR) is 67.5 cm³/mol. The lowest BCUT2D eigenvalue weighted by molar-refractivity contribution is 0.0696. The van der Waals surface area contributed by atoms with E-state index in [2.05, 4.69) is 4.98 Å². The molecule has 0 radical (unpaired) electrons. The summed E-state index contributed by atoms with van der Waals surface area (Å²) in [7, 11) is -1.69. The van der Waals surface area contributed by atoms with Crippen molar-refractivity contribution in [1.29, 1.82) is 0 Å². The maximum absolute atomic E-state index is 12.3. The van der Waals surface area contributed by atoms with Gasteiger partial charge in [-0.25, -0.2) is 18.2 Å². The number of carboxylic acid groups (broad SMARTS) is 1. The van der Waals surface area contributed by atoms with Crippen LogP contribution < -0.4 is 0 Å². The molecular weight excluding hydrogens is 270 g/mol. The summed E-state index contributed by atoms with van der Waals surface area (Å²) < 4.78 is 25.9. The van der Waals surface area contributed by atoms with Gasteiger partial charge in [-0.1, -0.05) is 0 Å². The lowest BCUT2D eigenvalue weighted by atomic mass is 10.3. The lowest BCUT2D eigenvalue weighted by Crippen LogP contribution is -2.47. The molecule has 2 rings (SSSR count). The van der Waals surface area contributed by atoms with Crippen molar-refractivity contribution in [3.63, 3.8) is 0 Å². The van der Waals surface area contributed by atoms with E-state index in [1.54, 1.807) is 0 Å². The standard InChI is InChI=1S/C11H15N3O4S/c1-13-4-6-14(7-5-13)19(17,18)10-3-2-9(8-12-10)11(15)16/h2-3,8H,4-7H2,1H3,(H,15,16). The molecule has 1 aromatic heterocycles. The van der Waals surface area contributed by atoms with Crippen LogP contribution in [-0.2, 0) is 10.0 Å². The Morgan fingerprint density at radius 1 is 1.26 bits per heavy atom. The Labute approximate surface area is 111 Å². The van der Waals surface area contributed by atoms with Gasteiger partial charge in [-0.15, -0.1) is 0 Å². The Hall–Kier alpha value is -1.51. The number of carboxylic acids is 1. The van der Waals surface area contributed by atoms with Gasteiger partial charge in [0.15, 0.2) is 5.03 Å². The van der Waals surface area contributed by atoms with Gasteiger partial charge in [-0.3, -0.25) is 0 Å². The molecular formula is C11H15N3O4S. The van der Waals surface area contributed by atoms with E-state index in [-0.39, 0.29) is 10.6 Å². The second-order valence-electron chi connectivity index (χ2n) is 4.40. The normalized spacial score (nSPS) is 18.4. The maximum atomic E-state index is 12.3. The van der Waals surface area contributed by atoms with E-state index in [4.69, 9.17) is 5.11 Å². The van der Waals surface area contributed by atoms with E-state index < -0.39 is 16.0 Å². The molecule has 0 spiro atoms. The third-order valence-electron chi connectivity index (χ3n) is 3.05. The molecule has 1 fully saturated rings. The summed E-state index contributed by atoms with van der Waals surface area (Å²) in [6.07, 6.45) is 1.06. The van der Waals surface area contributed by atoms with Gasteiger partial charge in [0.2, 0.25) is 0 Å². The minimum atomic E-state index is -3.63. The fraction of sp³-hybridized carbons (Fsp3) is 0.455. The van der Waals surface area contributed by atoms with Crippen LogP contribution in [0.25, 0.3) is 0 Å². The summed E-state index contributed by atoms with van der Waals surface area (Å²) in [5.41, 5.74) is -0.0303. The highest BCUT2D eigenvalue weighted by Crippen LogP contribution is 2.15. The average Bonchev–Trinajstić information content (AvgIpc) is 2.39. The van der Waals surface area contributed by atoms with Gasteiger partial charge < -0.3 is 10.0 Å². The third-order valence-corrected chi connectivity index (χ3v) is 4.86. The molecule has 0 aromatic carbocycles. The Morgan fingerprint density at radius 2 is 1.89 bits per heavy atom. The molecule has 0 bridgehead atoms. The van der Waals surface area contributed by atoms with Crippen molar-refractivity contribution in [2.24, 2.45) is 0 Å². The molecule has 1 N–H and O–H groups in total. The Balaban J connectivity index is 2.22. The number of nitrogens with zero attached hydrogens (tertiary/aromatic N) is 3. The molecule has 2 heterocycles. The zero-order chi connectivity index (χ0) is 14.0. The van der Waals surface area contributed by atoms with Crippen molar-refractivity contribution in [2.45, 2.75) is 5.03 Å². The number of sulfonamides is 1. The van der Waals surface area contributed by atoms with Gasteiger partial charge in [-0.2, -0.15) is 4.31 Å². The van der Waals surface area contributed by atoms with Gasteiger partial charge in [0.1, 0.15) is 0 Å². The Kier molecular flexibility index (Phi) is 3.83. The first kappa shape index (κ1) is 13.9. The number of pyridine rings is 1. The topological polar surface area (TPSA) is 90.8 Å². The van der Waals surface area contributed by atoms with Gasteiger partial charge in [0.05, 0.1) is 5.56 Å². The molecule has 0 amide bonds. The molecule has 7 nitrogen and oxygen atoms in total. The summed E-state index contributed by atoms with van der Waals surface area (Å²) in [5.74, 6) is -1.13. The molecule has 8 heteroatoms. The van der Waals surface area contributed by atoms with Crippen LogP contribution in [0.2, 0.25) is 0 Å². The van der Waals surface area contributed by atoms with Crippen molar-refractivity contribution < 1.29 is 18.3 Å². The SMILES string of the molecule is CN1CCN(S(=O)(=O)c2ccc(C(=O)O)cn2)CC1. The number of hydrogen-bond acceptors (Lipinski definition) is 5. The molecule has 19 heavy (non-hydrogen) atoms. The fourth-order valence-electron chi connectivity index (χ4n) is 1.82. The van der Waals surface area contributed by atoms with E-state index in [0.29, 0.717) is 26.2 Å². The zero-order valence-electron chi connectivity index (χ0n) is 10.5. The van der Waals surface area contributed by atoms with Crippen LogP contribution in [0.15, 0.2) is 23.4 Å². The number of rotatable bonds is 3. The highest BCUT2D eigenvalue weighted by molar-refractivity contribution is 7.89. The van der Waals surface area contributed by atoms with Gasteiger partial charge in [-0.05, 0) is 19.2 Å². The molecule has 1 aliphatic heterocycles. The first-order chi connectivity index (χ1) is 8.91. The molecule has 1 saturated heterocycles. The largest absolute Gasteiger partial charge is 0.478 e. The first-order valence-corrected chi connectivity index (χ1v) is 7.23. The van der Waals surface area contributed by atoms with Crippen LogP contribution in [0.1, 0.15) is 10.4 Å². The molecule has 1 aliphatic rings. The van der Waals surface area contributed by atoms with Crippen LogP contribution >= 0.6 is 0 Å². The van der Waals surface area contributed by atoms with E-state index in [9.17, 15) is 13.2 Å². The Morgan fingerprint density at radius 3 is 2.37 bits per heavy atom. The van der Waals surface area contributed by atoms with E-state index in [1.807, 2.05) is 11.9 Å². The Bertz CT molecular complexity index is 562. The quantitative estimate of drug-likeness (QED) is 0.821. The highest BCUT2D eigenvalue weighted by atomic mass is 32.2. The number of likely N-dealkylation sites (N-methyl/N-ethyl adjacent to an activating group) is 1. The van der Waals surface area contributed by atoms with Crippen molar-refractivity contribution in [3.8, 4) is 0 Å². The van der Waals surface area contributed by atoms with Gasteiger partial charge >= 0.3 is 5.97 Å². The summed E-state index contributed by atoms with van der Waals surface area (Å²) in [6.45, 7) is 2.18. The number of hydrogen-bond donors (Lipinski definition) is 1. The van der Waals surface area contributed by atoms with Crippen LogP contribution in [0.4, 0.5) is 0 Å². The van der Waals surface area contributed by atoms with Crippen molar-refractivity contribution in [3.05, 3.63) is 23.9 Å². The lowest BCUT2D eigenvalue weighted by Gasteiger charge is -2.31. The summed E-state index contributed by atoms with van der Waals surface area (Å²) in [4.78, 5) is 16.5. The zero-order valence-corrected chi connectivity index (χ0v) is 11.3. The van der Waals surface area contributed by atoms with Crippen molar-refractivity contribution in [2.75, 3.05) is 33.2 Å². The van der Waals surface area contributed by atoms with E-state index in [0.717, 1.165) is 6.20 Å². The van der Waals surface area contributed by atoms with Crippen LogP contribution in [0.5, 0.6) is 0 Å². The van der Waals surface area contributed by atoms with Crippen LogP contribution in [0.3, 0.4) is 0 Å². The summed E-state index contributed by atoms with van der Waals surface area (Å²) in [5, 5.41) is 8.64. The van der Waals surface area contributed by atoms with Crippen molar-refractivity contribution >= 4 is 16.0 Å². The maximum Gasteiger partial charge on any atom is 0.337 e. The number of piperazine rings is 1. The van der Waals surface area contributed by atoms with E-state index >= 15 is 0 Å². The monoisotopic (exact) mass is 285 g/mol. The molecule has 0 atom stereocenters. The molecule has 104 valence electrons. The summed E-state index contributed by atoms with van der Waals surface area (Å²) >= 11 is 0.